The molecule has 9 aromatic rings. The monoisotopic (exact) mass is 615 g/mol. The summed E-state index contributed by atoms with van der Waals surface area (Å²) in [4.78, 5) is 0. The molecule has 0 aliphatic carbocycles. The maximum absolute atomic E-state index is 2.40. The van der Waals surface area contributed by atoms with Crippen LogP contribution in [0.15, 0.2) is 158 Å². The van der Waals surface area contributed by atoms with Crippen LogP contribution in [0.4, 0.5) is 0 Å². The van der Waals surface area contributed by atoms with Crippen molar-refractivity contribution >= 4 is 54.1 Å². The SMILES string of the molecule is CCCC(C)c1ccc(-c2c3ccccc3c(-c3ccc4cc(-n5c6ccccc6c6ccccc65)ccc4c3)c3ccccc23)cc1. The summed E-state index contributed by atoms with van der Waals surface area (Å²) in [5.74, 6) is 0.575. The summed E-state index contributed by atoms with van der Waals surface area (Å²) in [6.45, 7) is 4.61. The van der Waals surface area contributed by atoms with E-state index in [-0.39, 0.29) is 0 Å². The molecule has 1 heteroatoms. The molecule has 1 aromatic heterocycles. The molecule has 1 unspecified atom stereocenters. The van der Waals surface area contributed by atoms with Gasteiger partial charge in [-0.15, -0.1) is 0 Å². The Morgan fingerprint density at radius 1 is 0.458 bits per heavy atom. The second-order valence-electron chi connectivity index (χ2n) is 13.3. The zero-order valence-corrected chi connectivity index (χ0v) is 27.4. The van der Waals surface area contributed by atoms with Crippen molar-refractivity contribution in [1.29, 1.82) is 0 Å². The van der Waals surface area contributed by atoms with Crippen LogP contribution < -0.4 is 0 Å². The third kappa shape index (κ3) is 4.53. The van der Waals surface area contributed by atoms with E-state index in [4.69, 9.17) is 0 Å². The Kier molecular flexibility index (Phi) is 6.87. The molecule has 0 amide bonds. The Morgan fingerprint density at radius 2 is 0.917 bits per heavy atom. The van der Waals surface area contributed by atoms with Gasteiger partial charge in [0.2, 0.25) is 0 Å². The van der Waals surface area contributed by atoms with E-state index in [2.05, 4.69) is 176 Å². The quantitative estimate of drug-likeness (QED) is 0.164. The van der Waals surface area contributed by atoms with Crippen molar-refractivity contribution in [2.45, 2.75) is 32.6 Å². The molecule has 1 heterocycles. The summed E-state index contributed by atoms with van der Waals surface area (Å²) in [7, 11) is 0. The van der Waals surface area contributed by atoms with Crippen molar-refractivity contribution in [3.05, 3.63) is 163 Å². The van der Waals surface area contributed by atoms with Crippen LogP contribution >= 0.6 is 0 Å². The molecule has 48 heavy (non-hydrogen) atoms. The number of para-hydroxylation sites is 2. The van der Waals surface area contributed by atoms with Crippen molar-refractivity contribution in [1.82, 2.24) is 4.57 Å². The third-order valence-electron chi connectivity index (χ3n) is 10.4. The molecule has 0 saturated heterocycles. The number of rotatable bonds is 6. The van der Waals surface area contributed by atoms with Gasteiger partial charge >= 0.3 is 0 Å². The van der Waals surface area contributed by atoms with Gasteiger partial charge in [0.1, 0.15) is 0 Å². The number of aromatic nitrogens is 1. The predicted octanol–water partition coefficient (Wildman–Crippen LogP) is 13.5. The van der Waals surface area contributed by atoms with E-state index in [1.807, 2.05) is 0 Å². The average molecular weight is 616 g/mol. The van der Waals surface area contributed by atoms with Gasteiger partial charge in [0.05, 0.1) is 11.0 Å². The fourth-order valence-corrected chi connectivity index (χ4v) is 8.06. The zero-order chi connectivity index (χ0) is 32.2. The topological polar surface area (TPSA) is 4.93 Å². The van der Waals surface area contributed by atoms with Crippen LogP contribution in [0.3, 0.4) is 0 Å². The number of fused-ring (bicyclic) bond motifs is 6. The third-order valence-corrected chi connectivity index (χ3v) is 10.4. The first-order chi connectivity index (χ1) is 23.7. The summed E-state index contributed by atoms with van der Waals surface area (Å²) in [5, 5.41) is 10.2. The zero-order valence-electron chi connectivity index (χ0n) is 27.4. The Morgan fingerprint density at radius 3 is 1.48 bits per heavy atom. The molecular formula is C47H37N. The van der Waals surface area contributed by atoms with E-state index in [1.54, 1.807) is 0 Å². The van der Waals surface area contributed by atoms with E-state index in [0.29, 0.717) is 5.92 Å². The minimum absolute atomic E-state index is 0.575. The van der Waals surface area contributed by atoms with Gasteiger partial charge in [-0.3, -0.25) is 0 Å². The van der Waals surface area contributed by atoms with E-state index in [9.17, 15) is 0 Å². The van der Waals surface area contributed by atoms with Crippen molar-refractivity contribution in [3.8, 4) is 27.9 Å². The van der Waals surface area contributed by atoms with Crippen LogP contribution in [0.5, 0.6) is 0 Å². The molecule has 0 fully saturated rings. The molecule has 9 rings (SSSR count). The van der Waals surface area contributed by atoms with E-state index < -0.39 is 0 Å². The van der Waals surface area contributed by atoms with E-state index in [1.165, 1.54) is 100 Å². The average Bonchev–Trinajstić information content (AvgIpc) is 3.48. The Bertz CT molecular complexity index is 2530. The minimum atomic E-state index is 0.575. The van der Waals surface area contributed by atoms with Crippen molar-refractivity contribution < 1.29 is 0 Å². The molecule has 8 aromatic carbocycles. The maximum Gasteiger partial charge on any atom is 0.0541 e. The second-order valence-corrected chi connectivity index (χ2v) is 13.3. The molecule has 1 atom stereocenters. The summed E-state index contributed by atoms with van der Waals surface area (Å²) >= 11 is 0. The molecule has 0 saturated carbocycles. The van der Waals surface area contributed by atoms with Crippen molar-refractivity contribution in [2.24, 2.45) is 0 Å². The smallest absolute Gasteiger partial charge is 0.0541 e. The Labute approximate surface area is 281 Å². The van der Waals surface area contributed by atoms with Crippen LogP contribution in [-0.2, 0) is 0 Å². The number of hydrogen-bond donors (Lipinski definition) is 0. The van der Waals surface area contributed by atoms with Gasteiger partial charge < -0.3 is 4.57 Å². The fourth-order valence-electron chi connectivity index (χ4n) is 8.06. The maximum atomic E-state index is 2.40. The highest BCUT2D eigenvalue weighted by atomic mass is 15.0. The normalized spacial score (nSPS) is 12.5. The summed E-state index contributed by atoms with van der Waals surface area (Å²) < 4.78 is 2.40. The van der Waals surface area contributed by atoms with Crippen LogP contribution in [0.1, 0.15) is 38.2 Å². The first kappa shape index (κ1) is 28.6. The fraction of sp³-hybridized carbons (Fsp3) is 0.106. The highest BCUT2D eigenvalue weighted by molar-refractivity contribution is 6.21. The lowest BCUT2D eigenvalue weighted by Gasteiger charge is -2.19. The van der Waals surface area contributed by atoms with Gasteiger partial charge in [0, 0.05) is 16.5 Å². The van der Waals surface area contributed by atoms with E-state index >= 15 is 0 Å². The Balaban J connectivity index is 1.21. The van der Waals surface area contributed by atoms with Crippen LogP contribution in [0.2, 0.25) is 0 Å². The van der Waals surface area contributed by atoms with Crippen LogP contribution in [0, 0.1) is 0 Å². The van der Waals surface area contributed by atoms with E-state index in [0.717, 1.165) is 0 Å². The van der Waals surface area contributed by atoms with Gasteiger partial charge in [-0.1, -0.05) is 148 Å². The molecule has 0 N–H and O–H groups in total. The van der Waals surface area contributed by atoms with Crippen LogP contribution in [0.25, 0.3) is 82.1 Å². The number of nitrogens with zero attached hydrogens (tertiary/aromatic N) is 1. The first-order valence-corrected chi connectivity index (χ1v) is 17.3. The van der Waals surface area contributed by atoms with Crippen molar-refractivity contribution in [3.63, 3.8) is 0 Å². The highest BCUT2D eigenvalue weighted by Gasteiger charge is 2.18. The van der Waals surface area contributed by atoms with Crippen molar-refractivity contribution in [2.75, 3.05) is 0 Å². The van der Waals surface area contributed by atoms with Gasteiger partial charge in [-0.25, -0.2) is 0 Å². The molecule has 1 nitrogen and oxygen atoms in total. The van der Waals surface area contributed by atoms with Gasteiger partial charge in [-0.2, -0.15) is 0 Å². The lowest BCUT2D eigenvalue weighted by Crippen LogP contribution is -1.94. The summed E-state index contributed by atoms with van der Waals surface area (Å²) in [5.41, 5.74) is 10.2. The molecule has 0 aliphatic rings. The van der Waals surface area contributed by atoms with Gasteiger partial charge in [-0.05, 0) is 103 Å². The highest BCUT2D eigenvalue weighted by Crippen LogP contribution is 2.44. The number of hydrogen-bond acceptors (Lipinski definition) is 0. The summed E-state index contributed by atoms with van der Waals surface area (Å²) in [6.07, 6.45) is 2.42. The number of benzene rings is 8. The van der Waals surface area contributed by atoms with Crippen LogP contribution in [-0.4, -0.2) is 4.57 Å². The molecule has 0 bridgehead atoms. The molecule has 0 spiro atoms. The first-order valence-electron chi connectivity index (χ1n) is 17.3. The standard InChI is InChI=1S/C47H37N/c1-3-12-31(2)32-21-23-33(24-22-32)46-40-15-4-6-17-42(40)47(43-18-7-5-16-41(43)46)36-26-25-35-30-37(28-27-34(35)29-36)48-44-19-10-8-13-38(44)39-14-9-11-20-45(39)48/h4-11,13-31H,3,12H2,1-2H3. The molecule has 230 valence electrons. The Hall–Kier alpha value is -5.66. The molecule has 0 aliphatic heterocycles. The largest absolute Gasteiger partial charge is 0.309 e. The minimum Gasteiger partial charge on any atom is -0.309 e. The predicted molar refractivity (Wildman–Crippen MR) is 207 cm³/mol. The van der Waals surface area contributed by atoms with Gasteiger partial charge in [0.15, 0.2) is 0 Å². The van der Waals surface area contributed by atoms with Gasteiger partial charge in [0.25, 0.3) is 0 Å². The summed E-state index contributed by atoms with van der Waals surface area (Å²) in [6, 6.07) is 58.6. The second kappa shape index (κ2) is 11.5. The lowest BCUT2D eigenvalue weighted by atomic mass is 9.85. The molecular weight excluding hydrogens is 579 g/mol. The lowest BCUT2D eigenvalue weighted by molar-refractivity contribution is 0.665. The molecule has 0 radical (unpaired) electrons.